The molecule has 0 bridgehead atoms. The summed E-state index contributed by atoms with van der Waals surface area (Å²) >= 11 is 9.10. The number of benzene rings is 1. The van der Waals surface area contributed by atoms with E-state index in [2.05, 4.69) is 0 Å². The monoisotopic (exact) mass is 314 g/mol. The lowest BCUT2D eigenvalue weighted by Gasteiger charge is -2.15. The van der Waals surface area contributed by atoms with Gasteiger partial charge in [0.15, 0.2) is 0 Å². The third-order valence-corrected chi connectivity index (χ3v) is 4.86. The number of nitrogens with zero attached hydrogens (tertiary/aromatic N) is 1. The average Bonchev–Trinajstić information content (AvgIpc) is 2.72. The molecule has 0 aliphatic rings. The molecule has 2 rings (SSSR count). The molecule has 3 nitrogen and oxygen atoms in total. The number of fused-ring (bicyclic) bond motifs is 1. The maximum absolute atomic E-state index is 12.3. The number of hydrogen-bond acceptors (Lipinski definition) is 4. The molecule has 2 N–H and O–H groups in total. The van der Waals surface area contributed by atoms with Crippen molar-refractivity contribution in [2.45, 2.75) is 0 Å². The van der Waals surface area contributed by atoms with Gasteiger partial charge in [-0.1, -0.05) is 11.6 Å². The summed E-state index contributed by atoms with van der Waals surface area (Å²) in [5.41, 5.74) is 6.61. The number of nitrogens with two attached hydrogens (primary N) is 1. The molecule has 2 aromatic rings. The van der Waals surface area contributed by atoms with Crippen LogP contribution in [0, 0.1) is 0 Å². The van der Waals surface area contributed by atoms with Gasteiger partial charge < -0.3 is 10.6 Å². The largest absolute Gasteiger partial charge is 0.397 e. The van der Waals surface area contributed by atoms with Crippen molar-refractivity contribution in [2.75, 3.05) is 31.3 Å². The number of nitrogen functional groups attached to an aromatic ring is 1. The van der Waals surface area contributed by atoms with Gasteiger partial charge in [0.05, 0.1) is 5.69 Å². The Kier molecular flexibility index (Phi) is 4.60. The van der Waals surface area contributed by atoms with Crippen LogP contribution in [0.1, 0.15) is 9.67 Å². The minimum Gasteiger partial charge on any atom is -0.397 e. The Bertz CT molecular complexity index is 612. The smallest absolute Gasteiger partial charge is 0.265 e. The second-order valence-electron chi connectivity index (χ2n) is 4.20. The Morgan fingerprint density at radius 2 is 2.26 bits per heavy atom. The zero-order chi connectivity index (χ0) is 14.0. The van der Waals surface area contributed by atoms with Crippen LogP contribution in [0.15, 0.2) is 18.2 Å². The number of anilines is 1. The first-order chi connectivity index (χ1) is 9.04. The molecule has 1 aromatic heterocycles. The van der Waals surface area contributed by atoms with Crippen LogP contribution in [0.25, 0.3) is 10.1 Å². The molecule has 1 heterocycles. The van der Waals surface area contributed by atoms with Crippen molar-refractivity contribution in [3.8, 4) is 0 Å². The van der Waals surface area contributed by atoms with Crippen molar-refractivity contribution in [3.05, 3.63) is 28.1 Å². The quantitative estimate of drug-likeness (QED) is 0.938. The SMILES string of the molecule is CSCCN(C)C(=O)c1sc2ccc(Cl)cc2c1N. The average molecular weight is 315 g/mol. The van der Waals surface area contributed by atoms with Gasteiger partial charge in [-0.05, 0) is 24.5 Å². The minimum absolute atomic E-state index is 0.0242. The zero-order valence-electron chi connectivity index (χ0n) is 10.8. The van der Waals surface area contributed by atoms with E-state index in [0.29, 0.717) is 22.1 Å². The van der Waals surface area contributed by atoms with Crippen LogP contribution >= 0.6 is 34.7 Å². The molecule has 0 atom stereocenters. The Morgan fingerprint density at radius 1 is 1.53 bits per heavy atom. The number of hydrogen-bond donors (Lipinski definition) is 1. The lowest BCUT2D eigenvalue weighted by atomic mass is 10.2. The van der Waals surface area contributed by atoms with Crippen molar-refractivity contribution in [3.63, 3.8) is 0 Å². The van der Waals surface area contributed by atoms with Gasteiger partial charge in [0, 0.05) is 34.5 Å². The van der Waals surface area contributed by atoms with Crippen LogP contribution < -0.4 is 5.73 Å². The lowest BCUT2D eigenvalue weighted by Crippen LogP contribution is -2.28. The molecule has 1 aromatic carbocycles. The van der Waals surface area contributed by atoms with Crippen LogP contribution in [0.2, 0.25) is 5.02 Å². The zero-order valence-corrected chi connectivity index (χ0v) is 13.2. The Hall–Kier alpha value is -0.910. The van der Waals surface area contributed by atoms with E-state index < -0.39 is 0 Å². The van der Waals surface area contributed by atoms with Crippen LogP contribution in [-0.4, -0.2) is 36.4 Å². The van der Waals surface area contributed by atoms with Gasteiger partial charge in [-0.25, -0.2) is 0 Å². The lowest BCUT2D eigenvalue weighted by molar-refractivity contribution is 0.0809. The molecule has 0 saturated carbocycles. The van der Waals surface area contributed by atoms with Crippen molar-refractivity contribution in [1.29, 1.82) is 0 Å². The highest BCUT2D eigenvalue weighted by molar-refractivity contribution is 7.98. The minimum atomic E-state index is -0.0242. The molecule has 102 valence electrons. The first-order valence-electron chi connectivity index (χ1n) is 5.76. The summed E-state index contributed by atoms with van der Waals surface area (Å²) in [6.45, 7) is 0.717. The molecule has 0 saturated heterocycles. The number of amides is 1. The van der Waals surface area contributed by atoms with E-state index in [-0.39, 0.29) is 5.91 Å². The molecule has 19 heavy (non-hydrogen) atoms. The van der Waals surface area contributed by atoms with Crippen LogP contribution in [0.5, 0.6) is 0 Å². The summed E-state index contributed by atoms with van der Waals surface area (Å²) in [6.07, 6.45) is 2.02. The van der Waals surface area contributed by atoms with Crippen LogP contribution in [0.3, 0.4) is 0 Å². The molecule has 0 unspecified atom stereocenters. The first kappa shape index (κ1) is 14.5. The van der Waals surface area contributed by atoms with Gasteiger partial charge in [0.25, 0.3) is 5.91 Å². The van der Waals surface area contributed by atoms with Gasteiger partial charge in [-0.2, -0.15) is 11.8 Å². The molecule has 0 spiro atoms. The van der Waals surface area contributed by atoms with Gasteiger partial charge in [-0.3, -0.25) is 4.79 Å². The summed E-state index contributed by atoms with van der Waals surface area (Å²) < 4.78 is 0.989. The summed E-state index contributed by atoms with van der Waals surface area (Å²) in [7, 11) is 1.80. The van der Waals surface area contributed by atoms with Crippen molar-refractivity contribution in [1.82, 2.24) is 4.90 Å². The van der Waals surface area contributed by atoms with E-state index in [0.717, 1.165) is 15.8 Å². The van der Waals surface area contributed by atoms with Crippen molar-refractivity contribution in [2.24, 2.45) is 0 Å². The predicted octanol–water partition coefficient (Wildman–Crippen LogP) is 3.57. The molecule has 0 fully saturated rings. The van der Waals surface area contributed by atoms with Gasteiger partial charge in [-0.15, -0.1) is 11.3 Å². The van der Waals surface area contributed by atoms with E-state index in [1.807, 2.05) is 18.4 Å². The van der Waals surface area contributed by atoms with Gasteiger partial charge >= 0.3 is 0 Å². The normalized spacial score (nSPS) is 10.9. The topological polar surface area (TPSA) is 46.3 Å². The predicted molar refractivity (Wildman–Crippen MR) is 86.6 cm³/mol. The fourth-order valence-electron chi connectivity index (χ4n) is 1.75. The second-order valence-corrected chi connectivity index (χ2v) is 6.68. The number of carbonyl (C=O) groups is 1. The van der Waals surface area contributed by atoms with Crippen LogP contribution in [0.4, 0.5) is 5.69 Å². The van der Waals surface area contributed by atoms with E-state index in [1.165, 1.54) is 11.3 Å². The maximum Gasteiger partial charge on any atom is 0.265 e. The molecular weight excluding hydrogens is 300 g/mol. The highest BCUT2D eigenvalue weighted by atomic mass is 35.5. The van der Waals surface area contributed by atoms with E-state index >= 15 is 0 Å². The molecule has 6 heteroatoms. The number of thioether (sulfide) groups is 1. The first-order valence-corrected chi connectivity index (χ1v) is 8.35. The standard InChI is InChI=1S/C13H15ClN2OS2/c1-16(5-6-18-2)13(17)12-11(15)9-7-8(14)3-4-10(9)19-12/h3-4,7H,5-6,15H2,1-2H3. The third-order valence-electron chi connectivity index (χ3n) is 2.86. The summed E-state index contributed by atoms with van der Waals surface area (Å²) in [5, 5.41) is 1.49. The van der Waals surface area contributed by atoms with Gasteiger partial charge in [0.2, 0.25) is 0 Å². The number of halogens is 1. The molecular formula is C13H15ClN2OS2. The maximum atomic E-state index is 12.3. The Balaban J connectivity index is 2.34. The van der Waals surface area contributed by atoms with E-state index in [9.17, 15) is 4.79 Å². The Morgan fingerprint density at radius 3 is 2.95 bits per heavy atom. The highest BCUT2D eigenvalue weighted by Crippen LogP contribution is 2.35. The fraction of sp³-hybridized carbons (Fsp3) is 0.308. The molecule has 0 aliphatic heterocycles. The van der Waals surface area contributed by atoms with Crippen LogP contribution in [-0.2, 0) is 0 Å². The van der Waals surface area contributed by atoms with E-state index in [1.54, 1.807) is 29.8 Å². The summed E-state index contributed by atoms with van der Waals surface area (Å²) in [4.78, 5) is 14.6. The van der Waals surface area contributed by atoms with E-state index in [4.69, 9.17) is 17.3 Å². The number of rotatable bonds is 4. The molecule has 0 radical (unpaired) electrons. The van der Waals surface area contributed by atoms with Crippen molar-refractivity contribution >= 4 is 56.4 Å². The van der Waals surface area contributed by atoms with Crippen molar-refractivity contribution < 1.29 is 4.79 Å². The number of thiophene rings is 1. The molecule has 0 aliphatic carbocycles. The summed E-state index contributed by atoms with van der Waals surface area (Å²) in [5.74, 6) is 0.891. The summed E-state index contributed by atoms with van der Waals surface area (Å²) in [6, 6.07) is 5.52. The number of carbonyl (C=O) groups excluding carboxylic acids is 1. The molecule has 1 amide bonds. The Labute approximate surface area is 125 Å². The third kappa shape index (κ3) is 2.99. The second kappa shape index (κ2) is 6.03. The fourth-order valence-corrected chi connectivity index (χ4v) is 3.48. The van der Waals surface area contributed by atoms with Gasteiger partial charge in [0.1, 0.15) is 4.88 Å². The highest BCUT2D eigenvalue weighted by Gasteiger charge is 2.19.